The number of H-pyrrole nitrogens is 1. The van der Waals surface area contributed by atoms with Gasteiger partial charge in [-0.05, 0) is 68.9 Å². The molecule has 2 fully saturated rings. The normalized spacial score (nSPS) is 18.7. The highest BCUT2D eigenvalue weighted by Crippen LogP contribution is 2.37. The average Bonchev–Trinajstić information content (AvgIpc) is 3.34. The lowest BCUT2D eigenvalue weighted by Crippen LogP contribution is -2.44. The van der Waals surface area contributed by atoms with Crippen LogP contribution in [0.25, 0.3) is 11.0 Å². The molecule has 2 saturated carbocycles. The fourth-order valence-electron chi connectivity index (χ4n) is 6.21. The van der Waals surface area contributed by atoms with Gasteiger partial charge in [0.1, 0.15) is 5.82 Å². The van der Waals surface area contributed by atoms with Gasteiger partial charge in [-0.2, -0.15) is 0 Å². The molecule has 0 bridgehead atoms. The summed E-state index contributed by atoms with van der Waals surface area (Å²) in [5.41, 5.74) is 3.11. The number of aliphatic imine (C=N–C) groups is 1. The number of fused-ring (bicyclic) bond motifs is 1. The highest BCUT2D eigenvalue weighted by atomic mass is 19.3. The van der Waals surface area contributed by atoms with E-state index in [1.54, 1.807) is 4.90 Å². The van der Waals surface area contributed by atoms with E-state index in [9.17, 15) is 13.6 Å². The number of nitrogens with one attached hydrogen (secondary N) is 1. The number of halogens is 2. The molecule has 3 aromatic rings. The Morgan fingerprint density at radius 3 is 2.45 bits per heavy atom. The maximum atomic E-state index is 13.5. The first-order valence-electron chi connectivity index (χ1n) is 15.7. The van der Waals surface area contributed by atoms with Crippen LogP contribution in [0.2, 0.25) is 0 Å². The number of alkyl halides is 2. The monoisotopic (exact) mass is 578 g/mol. The minimum atomic E-state index is -2.61. The number of nitrogens with zero attached hydrogens (tertiary/aromatic N) is 3. The van der Waals surface area contributed by atoms with Gasteiger partial charge < -0.3 is 9.88 Å². The molecule has 1 heterocycles. The molecule has 0 aliphatic heterocycles. The first kappa shape index (κ1) is 31.8. The standard InChI is InChI=1S/C27H40F2N2O.C8H8N2/c1-26(24-12-4-3-5-13-24,18-20-30-19-7-6-9-22-10-8-11-22)21-31(2)25(32)23-14-16-27(28,29)17-15-23;1-6-9-7-4-2-3-5-8(7)10-6/h3-5,12-13,19,22-23H,6-11,14-18,20-21H2,1-2H3;2-5H,1H3,(H,9,10). The Bertz CT molecular complexity index is 1240. The third-order valence-corrected chi connectivity index (χ3v) is 9.10. The molecule has 2 aliphatic carbocycles. The number of rotatable bonds is 11. The fourth-order valence-corrected chi connectivity index (χ4v) is 6.21. The number of carbonyl (C=O) groups is 1. The molecule has 0 radical (unpaired) electrons. The maximum Gasteiger partial charge on any atom is 0.248 e. The van der Waals surface area contributed by atoms with Gasteiger partial charge in [0, 0.05) is 44.3 Å². The summed E-state index contributed by atoms with van der Waals surface area (Å²) in [6, 6.07) is 18.3. The van der Waals surface area contributed by atoms with Crippen molar-refractivity contribution in [2.75, 3.05) is 20.1 Å². The van der Waals surface area contributed by atoms with Gasteiger partial charge >= 0.3 is 0 Å². The van der Waals surface area contributed by atoms with Crippen molar-refractivity contribution in [1.82, 2.24) is 14.9 Å². The second-order valence-corrected chi connectivity index (χ2v) is 12.7. The first-order chi connectivity index (χ1) is 20.2. The minimum Gasteiger partial charge on any atom is -0.345 e. The summed E-state index contributed by atoms with van der Waals surface area (Å²) >= 11 is 0. The van der Waals surface area contributed by atoms with Crippen molar-refractivity contribution in [1.29, 1.82) is 0 Å². The van der Waals surface area contributed by atoms with E-state index in [0.717, 1.165) is 42.2 Å². The fraction of sp³-hybridized carbons (Fsp3) is 0.571. The molecule has 0 spiro atoms. The quantitative estimate of drug-likeness (QED) is 0.183. The van der Waals surface area contributed by atoms with E-state index >= 15 is 0 Å². The van der Waals surface area contributed by atoms with E-state index in [2.05, 4.69) is 40.2 Å². The topological polar surface area (TPSA) is 61.4 Å². The molecular formula is C35H48F2N4O. The Balaban J connectivity index is 0.000000337. The van der Waals surface area contributed by atoms with Crippen LogP contribution in [0.3, 0.4) is 0 Å². The number of aromatic amines is 1. The molecule has 5 rings (SSSR count). The van der Waals surface area contributed by atoms with Crippen molar-refractivity contribution in [2.45, 2.75) is 95.8 Å². The summed E-state index contributed by atoms with van der Waals surface area (Å²) < 4.78 is 27.0. The largest absolute Gasteiger partial charge is 0.345 e. The molecule has 5 nitrogen and oxygen atoms in total. The van der Waals surface area contributed by atoms with Crippen LogP contribution in [0.5, 0.6) is 0 Å². The van der Waals surface area contributed by atoms with Crippen molar-refractivity contribution in [2.24, 2.45) is 16.8 Å². The van der Waals surface area contributed by atoms with Gasteiger partial charge in [0.2, 0.25) is 11.8 Å². The molecule has 1 amide bonds. The predicted molar refractivity (Wildman–Crippen MR) is 168 cm³/mol. The predicted octanol–water partition coefficient (Wildman–Crippen LogP) is 8.53. The summed E-state index contributed by atoms with van der Waals surface area (Å²) in [6.07, 6.45) is 10.9. The van der Waals surface area contributed by atoms with E-state index in [4.69, 9.17) is 0 Å². The maximum absolute atomic E-state index is 13.5. The second kappa shape index (κ2) is 14.9. The van der Waals surface area contributed by atoms with E-state index < -0.39 is 5.92 Å². The molecule has 1 aromatic heterocycles. The molecule has 1 unspecified atom stereocenters. The number of imidazole rings is 1. The van der Waals surface area contributed by atoms with Gasteiger partial charge in [0.05, 0.1) is 11.0 Å². The zero-order valence-electron chi connectivity index (χ0n) is 25.6. The van der Waals surface area contributed by atoms with E-state index in [1.165, 1.54) is 37.7 Å². The summed E-state index contributed by atoms with van der Waals surface area (Å²) in [5, 5.41) is 0. The van der Waals surface area contributed by atoms with E-state index in [0.29, 0.717) is 6.54 Å². The van der Waals surface area contributed by atoms with Crippen LogP contribution >= 0.6 is 0 Å². The average molecular weight is 579 g/mol. The summed E-state index contributed by atoms with van der Waals surface area (Å²) in [6.45, 7) is 5.44. The van der Waals surface area contributed by atoms with Crippen LogP contribution in [-0.2, 0) is 10.2 Å². The zero-order chi connectivity index (χ0) is 30.0. The third kappa shape index (κ3) is 9.20. The van der Waals surface area contributed by atoms with Crippen molar-refractivity contribution < 1.29 is 13.6 Å². The molecule has 228 valence electrons. The van der Waals surface area contributed by atoms with Crippen LogP contribution in [0.1, 0.15) is 88.9 Å². The molecule has 7 heteroatoms. The highest BCUT2D eigenvalue weighted by Gasteiger charge is 2.39. The molecule has 2 aromatic carbocycles. The number of amides is 1. The molecule has 1 atom stereocenters. The number of unbranched alkanes of at least 4 members (excludes halogenated alkanes) is 1. The van der Waals surface area contributed by atoms with Crippen molar-refractivity contribution >= 4 is 23.2 Å². The molecular weight excluding hydrogens is 530 g/mol. The molecule has 42 heavy (non-hydrogen) atoms. The van der Waals surface area contributed by atoms with Crippen LogP contribution < -0.4 is 0 Å². The van der Waals surface area contributed by atoms with Crippen LogP contribution in [0.15, 0.2) is 59.6 Å². The zero-order valence-corrected chi connectivity index (χ0v) is 25.6. The number of hydrogen-bond donors (Lipinski definition) is 1. The Labute approximate surface area is 250 Å². The third-order valence-electron chi connectivity index (χ3n) is 9.10. The Hall–Kier alpha value is -3.09. The Kier molecular flexibility index (Phi) is 11.3. The van der Waals surface area contributed by atoms with Gasteiger partial charge in [-0.15, -0.1) is 0 Å². The first-order valence-corrected chi connectivity index (χ1v) is 15.7. The van der Waals surface area contributed by atoms with Gasteiger partial charge in [0.15, 0.2) is 0 Å². The number of likely N-dealkylation sites (N-methyl/N-ethyl adjacent to an activating group) is 1. The Morgan fingerprint density at radius 1 is 1.10 bits per heavy atom. The van der Waals surface area contributed by atoms with Gasteiger partial charge in [-0.3, -0.25) is 9.79 Å². The highest BCUT2D eigenvalue weighted by molar-refractivity contribution is 5.79. The lowest BCUT2D eigenvalue weighted by molar-refractivity contribution is -0.139. The molecule has 0 saturated heterocycles. The van der Waals surface area contributed by atoms with E-state index in [1.807, 2.05) is 56.4 Å². The SMILES string of the molecule is CN(CC(C)(CCN=CCCCC1CCC1)c1ccccc1)C(=O)C1CCC(F)(F)CC1.Cc1nc2ccccc2[nH]1. The lowest BCUT2D eigenvalue weighted by Gasteiger charge is -2.37. The van der Waals surface area contributed by atoms with Crippen LogP contribution in [0, 0.1) is 18.8 Å². The number of benzene rings is 2. The number of aromatic nitrogens is 2. The number of hydrogen-bond acceptors (Lipinski definition) is 3. The number of aryl methyl sites for hydroxylation is 1. The van der Waals surface area contributed by atoms with Crippen molar-refractivity contribution in [3.8, 4) is 0 Å². The smallest absolute Gasteiger partial charge is 0.248 e. The van der Waals surface area contributed by atoms with Gasteiger partial charge in [0.25, 0.3) is 0 Å². The minimum absolute atomic E-state index is 0.00199. The van der Waals surface area contributed by atoms with Crippen LogP contribution in [-0.4, -0.2) is 53.0 Å². The number of carbonyl (C=O) groups excluding carboxylic acids is 1. The second-order valence-electron chi connectivity index (χ2n) is 12.7. The van der Waals surface area contributed by atoms with Crippen molar-refractivity contribution in [3.05, 3.63) is 66.0 Å². The van der Waals surface area contributed by atoms with E-state index in [-0.39, 0.29) is 42.9 Å². The number of para-hydroxylation sites is 2. The van der Waals surface area contributed by atoms with Crippen molar-refractivity contribution in [3.63, 3.8) is 0 Å². The summed E-state index contributed by atoms with van der Waals surface area (Å²) in [5.74, 6) is -0.964. The van der Waals surface area contributed by atoms with Gasteiger partial charge in [-0.1, -0.05) is 75.1 Å². The van der Waals surface area contributed by atoms with Gasteiger partial charge in [-0.25, -0.2) is 13.8 Å². The molecule has 2 aliphatic rings. The van der Waals surface area contributed by atoms with Crippen LogP contribution in [0.4, 0.5) is 8.78 Å². The summed E-state index contributed by atoms with van der Waals surface area (Å²) in [4.78, 5) is 26.8. The summed E-state index contributed by atoms with van der Waals surface area (Å²) in [7, 11) is 1.82. The molecule has 1 N–H and O–H groups in total. The lowest BCUT2D eigenvalue weighted by atomic mass is 9.78. The Morgan fingerprint density at radius 2 is 1.79 bits per heavy atom.